The Morgan fingerprint density at radius 2 is 1.62 bits per heavy atom. The van der Waals surface area contributed by atoms with Crippen molar-refractivity contribution in [3.63, 3.8) is 0 Å². The Morgan fingerprint density at radius 3 is 2.00 bits per heavy atom. The number of benzene rings is 1. The lowest BCUT2D eigenvalue weighted by atomic mass is 10.1. The van der Waals surface area contributed by atoms with Crippen LogP contribution in [0.4, 0.5) is 32.0 Å². The molecule has 0 aliphatic heterocycles. The van der Waals surface area contributed by atoms with Crippen molar-refractivity contribution in [1.29, 1.82) is 0 Å². The van der Waals surface area contributed by atoms with Crippen LogP contribution in [0.25, 0.3) is 0 Å². The number of rotatable bonds is 3. The summed E-state index contributed by atoms with van der Waals surface area (Å²) >= 11 is 0. The van der Waals surface area contributed by atoms with Crippen molar-refractivity contribution >= 4 is 15.8 Å². The molecule has 0 aromatic heterocycles. The zero-order valence-corrected chi connectivity index (χ0v) is 10.2. The van der Waals surface area contributed by atoms with E-state index in [0.29, 0.717) is 6.07 Å². The first kappa shape index (κ1) is 17.0. The van der Waals surface area contributed by atoms with Crippen LogP contribution >= 0.6 is 0 Å². The fourth-order valence-electron chi connectivity index (χ4n) is 1.13. The van der Waals surface area contributed by atoms with Crippen LogP contribution in [0.3, 0.4) is 0 Å². The van der Waals surface area contributed by atoms with Crippen LogP contribution in [0.15, 0.2) is 18.2 Å². The topological polar surface area (TPSA) is 86.5 Å². The van der Waals surface area contributed by atoms with Gasteiger partial charge in [0.2, 0.25) is 0 Å². The van der Waals surface area contributed by atoms with Crippen molar-refractivity contribution in [1.82, 2.24) is 0 Å². The third-order valence-electron chi connectivity index (χ3n) is 1.96. The summed E-state index contributed by atoms with van der Waals surface area (Å²) in [7, 11) is -6.18. The molecule has 1 aromatic rings. The molecule has 21 heavy (non-hydrogen) atoms. The van der Waals surface area contributed by atoms with E-state index in [2.05, 4.69) is 4.18 Å². The molecule has 0 bridgehead atoms. The van der Waals surface area contributed by atoms with Gasteiger partial charge < -0.3 is 4.18 Å². The molecule has 0 unspecified atom stereocenters. The maximum Gasteiger partial charge on any atom is 0.534 e. The van der Waals surface area contributed by atoms with Crippen LogP contribution in [-0.2, 0) is 16.3 Å². The monoisotopic (exact) mass is 339 g/mol. The average molecular weight is 339 g/mol. The van der Waals surface area contributed by atoms with Gasteiger partial charge in [0.1, 0.15) is 11.3 Å². The Bertz CT molecular complexity index is 665. The van der Waals surface area contributed by atoms with Gasteiger partial charge in [-0.2, -0.15) is 34.8 Å². The summed E-state index contributed by atoms with van der Waals surface area (Å²) in [6.07, 6.45) is -5.29. The van der Waals surface area contributed by atoms with Gasteiger partial charge in [-0.3, -0.25) is 10.1 Å². The van der Waals surface area contributed by atoms with Gasteiger partial charge in [-0.15, -0.1) is 0 Å². The van der Waals surface area contributed by atoms with Crippen LogP contribution in [-0.4, -0.2) is 18.8 Å². The smallest absolute Gasteiger partial charge is 0.376 e. The Kier molecular flexibility index (Phi) is 4.09. The molecule has 0 N–H and O–H groups in total. The van der Waals surface area contributed by atoms with E-state index in [1.807, 2.05) is 0 Å². The van der Waals surface area contributed by atoms with Crippen LogP contribution < -0.4 is 4.18 Å². The molecule has 118 valence electrons. The minimum atomic E-state index is -6.18. The lowest BCUT2D eigenvalue weighted by Crippen LogP contribution is -2.28. The largest absolute Gasteiger partial charge is 0.534 e. The third kappa shape index (κ3) is 3.74. The maximum atomic E-state index is 12.5. The summed E-state index contributed by atoms with van der Waals surface area (Å²) in [4.78, 5) is 8.96. The van der Waals surface area contributed by atoms with Crippen molar-refractivity contribution in [3.05, 3.63) is 33.9 Å². The summed E-state index contributed by atoms with van der Waals surface area (Å²) in [5, 5.41) is 10.4. The molecule has 0 fully saturated rings. The third-order valence-corrected chi connectivity index (χ3v) is 2.94. The Labute approximate surface area is 112 Å². The Hall–Kier alpha value is -2.05. The number of hydrogen-bond donors (Lipinski definition) is 0. The average Bonchev–Trinajstić information content (AvgIpc) is 2.25. The van der Waals surface area contributed by atoms with Crippen LogP contribution in [0, 0.1) is 10.1 Å². The molecule has 0 heterocycles. The summed E-state index contributed by atoms with van der Waals surface area (Å²) in [6.45, 7) is 0. The zero-order valence-electron chi connectivity index (χ0n) is 9.40. The molecular formula is C8H3F6NO5S. The summed E-state index contributed by atoms with van der Waals surface area (Å²) < 4.78 is 98.4. The minimum Gasteiger partial charge on any atom is -0.376 e. The molecule has 0 aliphatic rings. The van der Waals surface area contributed by atoms with E-state index < -0.39 is 43.7 Å². The van der Waals surface area contributed by atoms with Gasteiger partial charge in [-0.25, -0.2) is 0 Å². The van der Waals surface area contributed by atoms with Crippen LogP contribution in [0.1, 0.15) is 5.56 Å². The molecule has 0 saturated carbocycles. The highest BCUT2D eigenvalue weighted by atomic mass is 32.2. The van der Waals surface area contributed by atoms with Crippen molar-refractivity contribution in [2.45, 2.75) is 11.7 Å². The van der Waals surface area contributed by atoms with Gasteiger partial charge in [0.05, 0.1) is 4.92 Å². The molecule has 0 spiro atoms. The second-order valence-corrected chi connectivity index (χ2v) is 4.95. The number of hydrogen-bond acceptors (Lipinski definition) is 5. The summed E-state index contributed by atoms with van der Waals surface area (Å²) in [5.41, 5.74) is -9.26. The molecular weight excluding hydrogens is 336 g/mol. The van der Waals surface area contributed by atoms with Gasteiger partial charge in [0.25, 0.3) is 5.69 Å². The highest BCUT2D eigenvalue weighted by Gasteiger charge is 2.49. The number of halogens is 6. The van der Waals surface area contributed by atoms with E-state index in [1.54, 1.807) is 0 Å². The van der Waals surface area contributed by atoms with Crippen molar-refractivity contribution in [2.24, 2.45) is 0 Å². The number of nitrogens with zero attached hydrogens (tertiary/aromatic N) is 1. The van der Waals surface area contributed by atoms with E-state index in [-0.39, 0.29) is 12.1 Å². The Morgan fingerprint density at radius 1 is 1.10 bits per heavy atom. The standard InChI is InChI=1S/C8H3F6NO5S/c9-7(10,11)5-3-4(1-2-6(5)15(16)17)20-21(18,19)8(12,13)14/h1-3H. The first-order valence-electron chi connectivity index (χ1n) is 4.62. The quantitative estimate of drug-likeness (QED) is 0.278. The van der Waals surface area contributed by atoms with E-state index >= 15 is 0 Å². The highest BCUT2D eigenvalue weighted by molar-refractivity contribution is 7.87. The Balaban J connectivity index is 3.34. The molecule has 13 heteroatoms. The molecule has 0 saturated heterocycles. The lowest BCUT2D eigenvalue weighted by molar-refractivity contribution is -0.388. The molecule has 0 amide bonds. The first-order valence-corrected chi connectivity index (χ1v) is 6.03. The van der Waals surface area contributed by atoms with Crippen LogP contribution in [0.2, 0.25) is 0 Å². The number of nitro groups is 1. The molecule has 0 aliphatic carbocycles. The molecule has 1 rings (SSSR count). The van der Waals surface area contributed by atoms with Crippen LogP contribution in [0.5, 0.6) is 5.75 Å². The fraction of sp³-hybridized carbons (Fsp3) is 0.250. The first-order chi connectivity index (χ1) is 9.25. The SMILES string of the molecule is O=[N+]([O-])c1ccc(OS(=O)(=O)C(F)(F)F)cc1C(F)(F)F. The van der Waals surface area contributed by atoms with E-state index in [9.17, 15) is 44.9 Å². The normalized spacial score (nSPS) is 13.0. The summed E-state index contributed by atoms with van der Waals surface area (Å²) in [6, 6.07) is 0.280. The molecule has 1 aromatic carbocycles. The van der Waals surface area contributed by atoms with Gasteiger partial charge in [-0.1, -0.05) is 0 Å². The van der Waals surface area contributed by atoms with Gasteiger partial charge in [0.15, 0.2) is 0 Å². The predicted octanol–water partition coefficient (Wildman–Crippen LogP) is 2.84. The highest BCUT2D eigenvalue weighted by Crippen LogP contribution is 2.39. The van der Waals surface area contributed by atoms with E-state index in [4.69, 9.17) is 0 Å². The zero-order chi connectivity index (χ0) is 16.6. The molecule has 0 radical (unpaired) electrons. The second-order valence-electron chi connectivity index (χ2n) is 3.42. The van der Waals surface area contributed by atoms with Gasteiger partial charge in [0, 0.05) is 12.1 Å². The lowest BCUT2D eigenvalue weighted by Gasteiger charge is -2.12. The van der Waals surface area contributed by atoms with E-state index in [0.717, 1.165) is 0 Å². The minimum absolute atomic E-state index is 0.185. The molecule has 0 atom stereocenters. The number of nitro benzene ring substituents is 1. The van der Waals surface area contributed by atoms with E-state index in [1.165, 1.54) is 0 Å². The van der Waals surface area contributed by atoms with Crippen molar-refractivity contribution in [3.8, 4) is 5.75 Å². The summed E-state index contributed by atoms with van der Waals surface area (Å²) in [5.74, 6) is -1.36. The number of alkyl halides is 6. The van der Waals surface area contributed by atoms with Crippen molar-refractivity contribution in [2.75, 3.05) is 0 Å². The maximum absolute atomic E-state index is 12.5. The second kappa shape index (κ2) is 5.05. The molecule has 6 nitrogen and oxygen atoms in total. The predicted molar refractivity (Wildman–Crippen MR) is 53.7 cm³/mol. The van der Waals surface area contributed by atoms with Gasteiger partial charge >= 0.3 is 21.8 Å². The van der Waals surface area contributed by atoms with Gasteiger partial charge in [-0.05, 0) is 6.07 Å². The van der Waals surface area contributed by atoms with Crippen molar-refractivity contribution < 1.29 is 43.9 Å². The fourth-order valence-corrected chi connectivity index (χ4v) is 1.58.